The first kappa shape index (κ1) is 16.7. The van der Waals surface area contributed by atoms with E-state index >= 15 is 0 Å². The number of benzene rings is 3. The van der Waals surface area contributed by atoms with Gasteiger partial charge in [0.15, 0.2) is 0 Å². The fraction of sp³-hybridized carbons (Fsp3) is 0.250. The van der Waals surface area contributed by atoms with Crippen LogP contribution in [0.25, 0.3) is 11.1 Å². The number of nitrogens with zero attached hydrogens (tertiary/aromatic N) is 2. The topological polar surface area (TPSA) is 6.48 Å². The second kappa shape index (κ2) is 6.87. The summed E-state index contributed by atoms with van der Waals surface area (Å²) in [4.78, 5) is 4.69. The summed E-state index contributed by atoms with van der Waals surface area (Å²) in [6.45, 7) is 6.38. The molecule has 0 fully saturated rings. The van der Waals surface area contributed by atoms with E-state index in [0.29, 0.717) is 0 Å². The van der Waals surface area contributed by atoms with E-state index in [0.717, 1.165) is 19.5 Å². The monoisotopic (exact) mass is 342 g/mol. The van der Waals surface area contributed by atoms with E-state index in [1.54, 1.807) is 0 Å². The molecule has 3 aromatic rings. The molecule has 0 bridgehead atoms. The van der Waals surface area contributed by atoms with Crippen LogP contribution in [-0.2, 0) is 6.42 Å². The largest absolute Gasteiger partial charge is 0.375 e. The van der Waals surface area contributed by atoms with Gasteiger partial charge in [0.1, 0.15) is 0 Å². The van der Waals surface area contributed by atoms with E-state index in [-0.39, 0.29) is 0 Å². The van der Waals surface area contributed by atoms with Crippen molar-refractivity contribution in [2.24, 2.45) is 0 Å². The summed E-state index contributed by atoms with van der Waals surface area (Å²) in [5, 5.41) is 0. The summed E-state index contributed by atoms with van der Waals surface area (Å²) in [6.07, 6.45) is 1.02. The summed E-state index contributed by atoms with van der Waals surface area (Å²) < 4.78 is 0. The van der Waals surface area contributed by atoms with Crippen LogP contribution in [0.2, 0.25) is 0 Å². The molecule has 0 heterocycles. The van der Waals surface area contributed by atoms with E-state index in [1.807, 2.05) is 0 Å². The first-order valence-corrected chi connectivity index (χ1v) is 9.51. The SMILES string of the molecule is CCN(C)c1ccc(N(CC)c2cccc3c2Cc2ccccc2-3)cc1. The minimum Gasteiger partial charge on any atom is -0.375 e. The van der Waals surface area contributed by atoms with Crippen LogP contribution >= 0.6 is 0 Å². The average molecular weight is 342 g/mol. The number of rotatable bonds is 5. The van der Waals surface area contributed by atoms with Crippen molar-refractivity contribution in [3.05, 3.63) is 77.9 Å². The normalized spacial score (nSPS) is 11.8. The number of anilines is 3. The van der Waals surface area contributed by atoms with Gasteiger partial charge in [0.25, 0.3) is 0 Å². The predicted octanol–water partition coefficient (Wildman–Crippen LogP) is 5.87. The van der Waals surface area contributed by atoms with Crippen LogP contribution in [0.15, 0.2) is 66.7 Å². The van der Waals surface area contributed by atoms with Gasteiger partial charge in [0.05, 0.1) is 0 Å². The zero-order valence-corrected chi connectivity index (χ0v) is 15.9. The maximum absolute atomic E-state index is 2.43. The summed E-state index contributed by atoms with van der Waals surface area (Å²) in [6, 6.07) is 24.4. The molecule has 1 aliphatic carbocycles. The van der Waals surface area contributed by atoms with Crippen molar-refractivity contribution in [2.75, 3.05) is 29.9 Å². The lowest BCUT2D eigenvalue weighted by molar-refractivity contribution is 0.965. The fourth-order valence-corrected chi connectivity index (χ4v) is 3.95. The van der Waals surface area contributed by atoms with E-state index in [4.69, 9.17) is 0 Å². The molecule has 1 aliphatic rings. The van der Waals surface area contributed by atoms with Crippen molar-refractivity contribution in [3.8, 4) is 11.1 Å². The van der Waals surface area contributed by atoms with Gasteiger partial charge in [-0.25, -0.2) is 0 Å². The van der Waals surface area contributed by atoms with Gasteiger partial charge in [-0.3, -0.25) is 0 Å². The minimum absolute atomic E-state index is 0.954. The molecule has 0 atom stereocenters. The maximum Gasteiger partial charge on any atom is 0.0452 e. The van der Waals surface area contributed by atoms with E-state index in [2.05, 4.69) is 97.4 Å². The zero-order valence-electron chi connectivity index (χ0n) is 15.9. The van der Waals surface area contributed by atoms with E-state index < -0.39 is 0 Å². The third-order valence-electron chi connectivity index (χ3n) is 5.51. The molecular weight excluding hydrogens is 316 g/mol. The molecule has 0 radical (unpaired) electrons. The standard InChI is InChI=1S/C24H26N2/c1-4-25(3)19-13-15-20(16-14-19)26(5-2)24-12-8-11-22-21-10-7-6-9-18(21)17-23(22)24/h6-16H,4-5,17H2,1-3H3. The molecule has 0 aromatic heterocycles. The lowest BCUT2D eigenvalue weighted by Gasteiger charge is -2.27. The molecule has 0 saturated carbocycles. The third-order valence-corrected chi connectivity index (χ3v) is 5.51. The van der Waals surface area contributed by atoms with Crippen molar-refractivity contribution < 1.29 is 0 Å². The van der Waals surface area contributed by atoms with Gasteiger partial charge < -0.3 is 9.80 Å². The maximum atomic E-state index is 2.43. The number of fused-ring (bicyclic) bond motifs is 3. The third kappa shape index (κ3) is 2.76. The Labute approximate surface area is 156 Å². The highest BCUT2D eigenvalue weighted by atomic mass is 15.1. The zero-order chi connectivity index (χ0) is 18.1. The Kier molecular flexibility index (Phi) is 4.42. The molecule has 132 valence electrons. The van der Waals surface area contributed by atoms with Gasteiger partial charge in [-0.2, -0.15) is 0 Å². The highest BCUT2D eigenvalue weighted by Crippen LogP contribution is 2.42. The second-order valence-corrected chi connectivity index (χ2v) is 6.91. The van der Waals surface area contributed by atoms with Crippen LogP contribution in [0.4, 0.5) is 17.1 Å². The Morgan fingerprint density at radius 1 is 0.731 bits per heavy atom. The smallest absolute Gasteiger partial charge is 0.0452 e. The highest BCUT2D eigenvalue weighted by molar-refractivity contribution is 5.84. The minimum atomic E-state index is 0.954. The molecule has 4 rings (SSSR count). The van der Waals surface area contributed by atoms with Crippen LogP contribution in [0.3, 0.4) is 0 Å². The lowest BCUT2D eigenvalue weighted by atomic mass is 10.0. The van der Waals surface area contributed by atoms with Gasteiger partial charge in [-0.05, 0) is 66.4 Å². The Balaban J connectivity index is 1.73. The fourth-order valence-electron chi connectivity index (χ4n) is 3.95. The molecule has 0 saturated heterocycles. The van der Waals surface area contributed by atoms with E-state index in [1.165, 1.54) is 39.3 Å². The van der Waals surface area contributed by atoms with Crippen molar-refractivity contribution in [2.45, 2.75) is 20.3 Å². The highest BCUT2D eigenvalue weighted by Gasteiger charge is 2.23. The number of hydrogen-bond acceptors (Lipinski definition) is 2. The average Bonchev–Trinajstić information content (AvgIpc) is 3.08. The van der Waals surface area contributed by atoms with Gasteiger partial charge >= 0.3 is 0 Å². The lowest BCUT2D eigenvalue weighted by Crippen LogP contribution is -2.18. The summed E-state index contributed by atoms with van der Waals surface area (Å²) in [7, 11) is 2.13. The first-order valence-electron chi connectivity index (χ1n) is 9.51. The second-order valence-electron chi connectivity index (χ2n) is 6.91. The Morgan fingerprint density at radius 2 is 1.42 bits per heavy atom. The van der Waals surface area contributed by atoms with Crippen molar-refractivity contribution in [1.29, 1.82) is 0 Å². The van der Waals surface area contributed by atoms with Gasteiger partial charge in [0.2, 0.25) is 0 Å². The van der Waals surface area contributed by atoms with Crippen LogP contribution in [0, 0.1) is 0 Å². The summed E-state index contributed by atoms with van der Waals surface area (Å²) in [5.74, 6) is 0. The first-order chi connectivity index (χ1) is 12.7. The molecule has 0 N–H and O–H groups in total. The number of hydrogen-bond donors (Lipinski definition) is 0. The molecule has 2 heteroatoms. The molecule has 3 aromatic carbocycles. The van der Waals surface area contributed by atoms with Gasteiger partial charge in [-0.1, -0.05) is 36.4 Å². The molecule has 26 heavy (non-hydrogen) atoms. The van der Waals surface area contributed by atoms with Crippen LogP contribution in [-0.4, -0.2) is 20.1 Å². The van der Waals surface area contributed by atoms with Crippen molar-refractivity contribution >= 4 is 17.1 Å². The summed E-state index contributed by atoms with van der Waals surface area (Å²) >= 11 is 0. The van der Waals surface area contributed by atoms with Crippen molar-refractivity contribution in [3.63, 3.8) is 0 Å². The molecule has 0 spiro atoms. The summed E-state index contributed by atoms with van der Waals surface area (Å²) in [5.41, 5.74) is 9.51. The van der Waals surface area contributed by atoms with Gasteiger partial charge in [-0.15, -0.1) is 0 Å². The van der Waals surface area contributed by atoms with Crippen LogP contribution < -0.4 is 9.80 Å². The predicted molar refractivity (Wildman–Crippen MR) is 113 cm³/mol. The Bertz CT molecular complexity index is 912. The van der Waals surface area contributed by atoms with Gasteiger partial charge in [0, 0.05) is 43.6 Å². The van der Waals surface area contributed by atoms with Crippen molar-refractivity contribution in [1.82, 2.24) is 0 Å². The van der Waals surface area contributed by atoms with E-state index in [9.17, 15) is 0 Å². The quantitative estimate of drug-likeness (QED) is 0.447. The van der Waals surface area contributed by atoms with Crippen LogP contribution in [0.1, 0.15) is 25.0 Å². The molecule has 0 aliphatic heterocycles. The molecule has 0 amide bonds. The molecular formula is C24H26N2. The Hall–Kier alpha value is -2.74. The Morgan fingerprint density at radius 3 is 2.15 bits per heavy atom. The molecule has 2 nitrogen and oxygen atoms in total. The molecule has 0 unspecified atom stereocenters. The van der Waals surface area contributed by atoms with Crippen LogP contribution in [0.5, 0.6) is 0 Å².